The summed E-state index contributed by atoms with van der Waals surface area (Å²) in [5.41, 5.74) is -0.346. The third kappa shape index (κ3) is 2.87. The van der Waals surface area contributed by atoms with Gasteiger partial charge in [-0.25, -0.2) is 0 Å². The molecule has 0 saturated carbocycles. The van der Waals surface area contributed by atoms with Crippen LogP contribution in [0.4, 0.5) is 13.2 Å². The van der Waals surface area contributed by atoms with E-state index in [0.717, 1.165) is 18.1 Å². The van der Waals surface area contributed by atoms with Crippen LogP contribution in [-0.2, 0) is 12.7 Å². The van der Waals surface area contributed by atoms with Crippen LogP contribution in [0, 0.1) is 0 Å². The lowest BCUT2D eigenvalue weighted by Crippen LogP contribution is -2.44. The van der Waals surface area contributed by atoms with Crippen molar-refractivity contribution in [3.8, 4) is 11.4 Å². The van der Waals surface area contributed by atoms with Crippen LogP contribution in [0.2, 0.25) is 5.02 Å². The van der Waals surface area contributed by atoms with Gasteiger partial charge < -0.3 is 9.47 Å². The highest BCUT2D eigenvalue weighted by Gasteiger charge is 2.46. The van der Waals surface area contributed by atoms with Crippen molar-refractivity contribution in [1.29, 1.82) is 0 Å². The summed E-state index contributed by atoms with van der Waals surface area (Å²) in [4.78, 5) is 19.0. The highest BCUT2D eigenvalue weighted by molar-refractivity contribution is 6.34. The standard InChI is InChI=1S/C20H15ClF3N5O/c21-16-13(4-1-5-14(16)20(22,23)24)19(30)29-12-6-7-15(29)18-27-26-17(28(18)10-12)11-3-2-8-25-9-11/h1-5,8-9,12,15H,6-7,10H2/t12-,15?/m0/s1. The summed E-state index contributed by atoms with van der Waals surface area (Å²) in [6, 6.07) is 6.57. The second-order valence-electron chi connectivity index (χ2n) is 7.36. The van der Waals surface area contributed by atoms with Gasteiger partial charge in [0.25, 0.3) is 5.91 Å². The number of amides is 1. The lowest BCUT2D eigenvalue weighted by molar-refractivity contribution is -0.137. The summed E-state index contributed by atoms with van der Waals surface area (Å²) in [6.07, 6.45) is 0.118. The Morgan fingerprint density at radius 3 is 2.70 bits per heavy atom. The monoisotopic (exact) mass is 433 g/mol. The zero-order valence-corrected chi connectivity index (χ0v) is 16.2. The summed E-state index contributed by atoms with van der Waals surface area (Å²) >= 11 is 6.00. The number of pyridine rings is 1. The Morgan fingerprint density at radius 2 is 1.97 bits per heavy atom. The first-order valence-electron chi connectivity index (χ1n) is 9.38. The molecule has 1 aromatic carbocycles. The van der Waals surface area contributed by atoms with Gasteiger partial charge in [-0.1, -0.05) is 17.7 Å². The number of carbonyl (C=O) groups excluding carboxylic acids is 1. The topological polar surface area (TPSA) is 63.9 Å². The molecule has 2 bridgehead atoms. The molecule has 2 aromatic heterocycles. The molecule has 0 radical (unpaired) electrons. The largest absolute Gasteiger partial charge is 0.417 e. The second-order valence-corrected chi connectivity index (χ2v) is 7.74. The number of carbonyl (C=O) groups is 1. The van der Waals surface area contributed by atoms with Crippen molar-refractivity contribution in [2.75, 3.05) is 0 Å². The Labute approximate surface area is 174 Å². The Hall–Kier alpha value is -2.94. The first kappa shape index (κ1) is 19.0. The lowest BCUT2D eigenvalue weighted by atomic mass is 10.1. The SMILES string of the molecule is O=C(c1cccc(C(F)(F)F)c1Cl)N1C2CC[C@H]1Cn1c(-c3cccnc3)nnc12. The minimum absolute atomic E-state index is 0.149. The van der Waals surface area contributed by atoms with Crippen molar-refractivity contribution in [3.63, 3.8) is 0 Å². The smallest absolute Gasteiger partial charge is 0.324 e. The average Bonchev–Trinajstić information content (AvgIpc) is 3.28. The van der Waals surface area contributed by atoms with Crippen LogP contribution < -0.4 is 0 Å². The second kappa shape index (κ2) is 6.80. The molecule has 6 nitrogen and oxygen atoms in total. The van der Waals surface area contributed by atoms with E-state index < -0.39 is 22.7 Å². The molecule has 1 amide bonds. The van der Waals surface area contributed by atoms with Gasteiger partial charge in [0.05, 0.1) is 28.2 Å². The van der Waals surface area contributed by atoms with E-state index in [1.807, 2.05) is 10.6 Å². The van der Waals surface area contributed by atoms with E-state index in [2.05, 4.69) is 15.2 Å². The predicted molar refractivity (Wildman–Crippen MR) is 102 cm³/mol. The minimum atomic E-state index is -4.63. The van der Waals surface area contributed by atoms with Crippen LogP contribution in [0.25, 0.3) is 11.4 Å². The van der Waals surface area contributed by atoms with Gasteiger partial charge in [0.2, 0.25) is 0 Å². The molecule has 4 heterocycles. The van der Waals surface area contributed by atoms with Crippen LogP contribution in [0.3, 0.4) is 0 Å². The summed E-state index contributed by atoms with van der Waals surface area (Å²) < 4.78 is 41.6. The van der Waals surface area contributed by atoms with Gasteiger partial charge in [0.1, 0.15) is 0 Å². The van der Waals surface area contributed by atoms with E-state index in [4.69, 9.17) is 11.6 Å². The number of alkyl halides is 3. The van der Waals surface area contributed by atoms with Crippen LogP contribution >= 0.6 is 11.6 Å². The zero-order chi connectivity index (χ0) is 21.0. The first-order chi connectivity index (χ1) is 14.4. The molecule has 30 heavy (non-hydrogen) atoms. The van der Waals surface area contributed by atoms with Crippen molar-refractivity contribution in [1.82, 2.24) is 24.6 Å². The molecule has 10 heteroatoms. The lowest BCUT2D eigenvalue weighted by Gasteiger charge is -2.35. The van der Waals surface area contributed by atoms with Gasteiger partial charge in [-0.2, -0.15) is 13.2 Å². The third-order valence-electron chi connectivity index (χ3n) is 5.66. The fourth-order valence-corrected chi connectivity index (χ4v) is 4.65. The molecule has 1 unspecified atom stereocenters. The number of nitrogens with zero attached hydrogens (tertiary/aromatic N) is 5. The van der Waals surface area contributed by atoms with E-state index in [1.54, 1.807) is 23.4 Å². The molecule has 0 spiro atoms. The van der Waals surface area contributed by atoms with Crippen LogP contribution in [0.15, 0.2) is 42.7 Å². The number of aromatic nitrogens is 4. The number of benzene rings is 1. The van der Waals surface area contributed by atoms with E-state index in [9.17, 15) is 18.0 Å². The molecular weight excluding hydrogens is 419 g/mol. The zero-order valence-electron chi connectivity index (χ0n) is 15.5. The summed E-state index contributed by atoms with van der Waals surface area (Å²) in [7, 11) is 0. The molecule has 3 aromatic rings. The molecule has 154 valence electrons. The Balaban J connectivity index is 1.52. The number of rotatable bonds is 2. The van der Waals surface area contributed by atoms with Crippen LogP contribution in [0.1, 0.15) is 40.6 Å². The van der Waals surface area contributed by atoms with E-state index in [1.165, 1.54) is 12.1 Å². The van der Waals surface area contributed by atoms with Gasteiger partial charge >= 0.3 is 6.18 Å². The number of halogens is 4. The van der Waals surface area contributed by atoms with Crippen LogP contribution in [0.5, 0.6) is 0 Å². The van der Waals surface area contributed by atoms with E-state index in [0.29, 0.717) is 24.6 Å². The number of hydrogen-bond donors (Lipinski definition) is 0. The molecule has 2 aliphatic rings. The summed E-state index contributed by atoms with van der Waals surface area (Å²) in [5, 5.41) is 8.00. The van der Waals surface area contributed by atoms with Gasteiger partial charge in [0.15, 0.2) is 11.6 Å². The van der Waals surface area contributed by atoms with Crippen molar-refractivity contribution in [2.45, 2.75) is 37.6 Å². The fraction of sp³-hybridized carbons (Fsp3) is 0.300. The average molecular weight is 434 g/mol. The van der Waals surface area contributed by atoms with Crippen molar-refractivity contribution in [3.05, 3.63) is 64.7 Å². The maximum atomic E-state index is 13.3. The molecule has 1 fully saturated rings. The fourth-order valence-electron chi connectivity index (χ4n) is 4.34. The molecule has 0 N–H and O–H groups in total. The number of hydrogen-bond acceptors (Lipinski definition) is 4. The highest BCUT2D eigenvalue weighted by atomic mass is 35.5. The van der Waals surface area contributed by atoms with Gasteiger partial charge in [-0.15, -0.1) is 10.2 Å². The van der Waals surface area contributed by atoms with E-state index in [-0.39, 0.29) is 17.6 Å². The number of fused-ring (bicyclic) bond motifs is 4. The molecule has 0 aliphatic carbocycles. The summed E-state index contributed by atoms with van der Waals surface area (Å²) in [5.74, 6) is 0.772. The Morgan fingerprint density at radius 1 is 1.13 bits per heavy atom. The maximum absolute atomic E-state index is 13.3. The minimum Gasteiger partial charge on any atom is -0.324 e. The highest BCUT2D eigenvalue weighted by Crippen LogP contribution is 2.44. The predicted octanol–water partition coefficient (Wildman–Crippen LogP) is 4.37. The molecule has 2 atom stereocenters. The van der Waals surface area contributed by atoms with Gasteiger partial charge in [-0.3, -0.25) is 9.78 Å². The Bertz CT molecular complexity index is 1130. The maximum Gasteiger partial charge on any atom is 0.417 e. The molecule has 2 aliphatic heterocycles. The van der Waals surface area contributed by atoms with Crippen LogP contribution in [-0.4, -0.2) is 36.6 Å². The van der Waals surface area contributed by atoms with E-state index >= 15 is 0 Å². The summed E-state index contributed by atoms with van der Waals surface area (Å²) in [6.45, 7) is 0.464. The molecule has 1 saturated heterocycles. The van der Waals surface area contributed by atoms with Gasteiger partial charge in [-0.05, 0) is 37.1 Å². The quantitative estimate of drug-likeness (QED) is 0.602. The molecular formula is C20H15ClF3N5O. The van der Waals surface area contributed by atoms with Crippen molar-refractivity contribution >= 4 is 17.5 Å². The van der Waals surface area contributed by atoms with Gasteiger partial charge in [0, 0.05) is 24.5 Å². The third-order valence-corrected chi connectivity index (χ3v) is 6.07. The van der Waals surface area contributed by atoms with Crippen molar-refractivity contribution < 1.29 is 18.0 Å². The normalized spacial score (nSPS) is 20.3. The van der Waals surface area contributed by atoms with Crippen molar-refractivity contribution in [2.24, 2.45) is 0 Å². The first-order valence-corrected chi connectivity index (χ1v) is 9.76. The molecule has 5 rings (SSSR count). The Kier molecular flexibility index (Phi) is 4.32.